The molecular weight excluding hydrogens is 497 g/mol. The summed E-state index contributed by atoms with van der Waals surface area (Å²) in [6.07, 6.45) is 5.42. The van der Waals surface area contributed by atoms with Crippen LogP contribution in [0.3, 0.4) is 0 Å². The minimum absolute atomic E-state index is 0.0132. The Bertz CT molecular complexity index is 1490. The van der Waals surface area contributed by atoms with Gasteiger partial charge in [0, 0.05) is 28.6 Å². The normalized spacial score (nSPS) is 13.9. The molecule has 1 saturated carbocycles. The molecule has 10 heteroatoms. The van der Waals surface area contributed by atoms with Gasteiger partial charge < -0.3 is 5.21 Å². The van der Waals surface area contributed by atoms with Gasteiger partial charge in [-0.05, 0) is 71.7 Å². The van der Waals surface area contributed by atoms with Crippen molar-refractivity contribution in [2.75, 3.05) is 0 Å². The molecule has 0 aliphatic heterocycles. The molecule has 1 aliphatic carbocycles. The lowest BCUT2D eigenvalue weighted by Crippen LogP contribution is -2.36. The van der Waals surface area contributed by atoms with Crippen molar-refractivity contribution < 1.29 is 18.7 Å². The van der Waals surface area contributed by atoms with Gasteiger partial charge in [0.1, 0.15) is 18.1 Å². The zero-order chi connectivity index (χ0) is 26.1. The second kappa shape index (κ2) is 10.2. The molecule has 0 spiro atoms. The molecule has 2 aromatic heterocycles. The van der Waals surface area contributed by atoms with Crippen LogP contribution in [0.1, 0.15) is 53.7 Å². The zero-order valence-corrected chi connectivity index (χ0v) is 20.7. The van der Waals surface area contributed by atoms with Crippen LogP contribution in [0.2, 0.25) is 5.02 Å². The number of hydrogen-bond donors (Lipinski definition) is 0. The van der Waals surface area contributed by atoms with Crippen molar-refractivity contribution >= 4 is 23.2 Å². The highest BCUT2D eigenvalue weighted by atomic mass is 35.5. The topological polar surface area (TPSA) is 105 Å². The third kappa shape index (κ3) is 5.41. The maximum absolute atomic E-state index is 14.3. The number of nitrogens with zero attached hydrogens (tertiary/aromatic N) is 5. The summed E-state index contributed by atoms with van der Waals surface area (Å²) in [6.45, 7) is 1.29. The summed E-state index contributed by atoms with van der Waals surface area (Å²) in [5, 5.41) is 25.0. The molecule has 2 aromatic carbocycles. The van der Waals surface area contributed by atoms with Crippen molar-refractivity contribution in [1.82, 2.24) is 20.2 Å². The fourth-order valence-electron chi connectivity index (χ4n) is 4.52. The number of pyridine rings is 1. The summed E-state index contributed by atoms with van der Waals surface area (Å²) < 4.78 is 16.5. The Balaban J connectivity index is 1.46. The molecule has 0 N–H and O–H groups in total. The molecular formula is C27H23ClFN5O3. The molecule has 1 fully saturated rings. The monoisotopic (exact) mass is 519 g/mol. The lowest BCUT2D eigenvalue weighted by Gasteiger charge is -2.17. The Labute approximate surface area is 217 Å². The van der Waals surface area contributed by atoms with Crippen LogP contribution in [-0.2, 0) is 11.2 Å². The van der Waals surface area contributed by atoms with Crippen molar-refractivity contribution in [2.24, 2.45) is 5.92 Å². The quantitative estimate of drug-likeness (QED) is 0.181. The number of benzene rings is 2. The number of rotatable bonds is 9. The second-order valence-corrected chi connectivity index (χ2v) is 9.77. The molecule has 1 aliphatic rings. The van der Waals surface area contributed by atoms with Crippen molar-refractivity contribution in [3.8, 4) is 16.8 Å². The van der Waals surface area contributed by atoms with Gasteiger partial charge in [-0.25, -0.2) is 4.39 Å². The van der Waals surface area contributed by atoms with Gasteiger partial charge in [-0.1, -0.05) is 30.5 Å². The molecule has 2 heterocycles. The molecule has 1 atom stereocenters. The summed E-state index contributed by atoms with van der Waals surface area (Å²) in [7, 11) is 0. The highest BCUT2D eigenvalue weighted by Gasteiger charge is 2.34. The summed E-state index contributed by atoms with van der Waals surface area (Å²) in [5.41, 5.74) is 2.68. The number of aromatic nitrogens is 5. The van der Waals surface area contributed by atoms with E-state index in [4.69, 9.17) is 11.6 Å². The van der Waals surface area contributed by atoms with E-state index in [2.05, 4.69) is 15.5 Å². The maximum Gasteiger partial charge on any atom is 0.203 e. The average Bonchev–Trinajstić information content (AvgIpc) is 3.52. The van der Waals surface area contributed by atoms with Gasteiger partial charge in [0.15, 0.2) is 17.8 Å². The van der Waals surface area contributed by atoms with E-state index in [1.54, 1.807) is 36.4 Å². The minimum Gasteiger partial charge on any atom is -0.618 e. The van der Waals surface area contributed by atoms with Crippen LogP contribution < -0.4 is 4.73 Å². The molecule has 37 heavy (non-hydrogen) atoms. The first-order chi connectivity index (χ1) is 17.8. The van der Waals surface area contributed by atoms with Crippen LogP contribution in [0, 0.1) is 16.9 Å². The van der Waals surface area contributed by atoms with Crippen LogP contribution in [0.4, 0.5) is 4.39 Å². The third-order valence-electron chi connectivity index (χ3n) is 6.61. The van der Waals surface area contributed by atoms with Gasteiger partial charge in [0.05, 0.1) is 11.3 Å². The van der Waals surface area contributed by atoms with Crippen LogP contribution >= 0.6 is 11.6 Å². The number of carbonyl (C=O) groups excluding carboxylic acids is 2. The molecule has 0 saturated heterocycles. The Morgan fingerprint density at radius 3 is 2.65 bits per heavy atom. The van der Waals surface area contributed by atoms with Gasteiger partial charge >= 0.3 is 0 Å². The van der Waals surface area contributed by atoms with E-state index < -0.39 is 11.7 Å². The molecule has 0 radical (unpaired) electrons. The van der Waals surface area contributed by atoms with Gasteiger partial charge in [0.25, 0.3) is 0 Å². The van der Waals surface area contributed by atoms with E-state index in [1.165, 1.54) is 36.3 Å². The predicted octanol–water partition coefficient (Wildman–Crippen LogP) is 4.65. The smallest absolute Gasteiger partial charge is 0.203 e. The highest BCUT2D eigenvalue weighted by molar-refractivity contribution is 6.31. The van der Waals surface area contributed by atoms with Gasteiger partial charge in [-0.15, -0.1) is 5.10 Å². The summed E-state index contributed by atoms with van der Waals surface area (Å²) in [5.74, 6) is -1.45. The van der Waals surface area contributed by atoms with Crippen molar-refractivity contribution in [3.05, 3.63) is 93.9 Å². The number of ketones is 2. The number of tetrazole rings is 1. The molecule has 5 rings (SSSR count). The molecule has 8 nitrogen and oxygen atoms in total. The van der Waals surface area contributed by atoms with Crippen molar-refractivity contribution in [1.29, 1.82) is 0 Å². The first-order valence-corrected chi connectivity index (χ1v) is 12.3. The number of halogens is 2. The standard InChI is InChI=1S/C27H23ClFN5O3/c1-16(35)21-7-4-18(11-24(21)29)12-27(36)23(10-17-2-3-17)26-8-5-19(14-34(26)37)22-13-20(28)6-9-25(22)33-15-30-31-32-33/h4-9,11,13-15,17,23H,2-3,10,12H2,1H3. The van der Waals surface area contributed by atoms with E-state index in [0.717, 1.165) is 17.6 Å². The van der Waals surface area contributed by atoms with Crippen LogP contribution in [-0.4, -0.2) is 31.8 Å². The molecule has 0 bridgehead atoms. The van der Waals surface area contributed by atoms with E-state index in [0.29, 0.717) is 45.4 Å². The zero-order valence-electron chi connectivity index (χ0n) is 20.0. The molecule has 0 amide bonds. The van der Waals surface area contributed by atoms with E-state index in [9.17, 15) is 19.2 Å². The van der Waals surface area contributed by atoms with Crippen LogP contribution in [0.25, 0.3) is 16.8 Å². The molecule has 188 valence electrons. The van der Waals surface area contributed by atoms with E-state index in [-0.39, 0.29) is 23.6 Å². The van der Waals surface area contributed by atoms with Gasteiger partial charge in [0.2, 0.25) is 5.69 Å². The minimum atomic E-state index is -0.653. The van der Waals surface area contributed by atoms with Crippen molar-refractivity contribution in [2.45, 2.75) is 38.5 Å². The predicted molar refractivity (Wildman–Crippen MR) is 134 cm³/mol. The van der Waals surface area contributed by atoms with E-state index >= 15 is 0 Å². The lowest BCUT2D eigenvalue weighted by atomic mass is 9.89. The fourth-order valence-corrected chi connectivity index (χ4v) is 4.69. The summed E-state index contributed by atoms with van der Waals surface area (Å²) >= 11 is 6.23. The SMILES string of the molecule is CC(=O)c1ccc(CC(=O)C(CC2CC2)c2ccc(-c3cc(Cl)ccc3-n3cnnn3)c[n+]2[O-])cc1F. The number of Topliss-reactive ketones (excluding diaryl/α,β-unsaturated/α-hetero) is 2. The Hall–Kier alpha value is -3.98. The first-order valence-electron chi connectivity index (χ1n) is 11.9. The van der Waals surface area contributed by atoms with Crippen molar-refractivity contribution in [3.63, 3.8) is 0 Å². The largest absolute Gasteiger partial charge is 0.618 e. The summed E-state index contributed by atoms with van der Waals surface area (Å²) in [6, 6.07) is 12.8. The molecule has 4 aromatic rings. The highest BCUT2D eigenvalue weighted by Crippen LogP contribution is 2.39. The van der Waals surface area contributed by atoms with E-state index in [1.807, 2.05) is 0 Å². The second-order valence-electron chi connectivity index (χ2n) is 9.33. The number of carbonyl (C=O) groups is 2. The lowest BCUT2D eigenvalue weighted by molar-refractivity contribution is -0.614. The Morgan fingerprint density at radius 2 is 2.00 bits per heavy atom. The maximum atomic E-state index is 14.3. The number of hydrogen-bond acceptors (Lipinski definition) is 6. The molecule has 1 unspecified atom stereocenters. The third-order valence-corrected chi connectivity index (χ3v) is 6.85. The van der Waals surface area contributed by atoms with Gasteiger partial charge in [-0.3, -0.25) is 9.59 Å². The average molecular weight is 520 g/mol. The summed E-state index contributed by atoms with van der Waals surface area (Å²) in [4.78, 5) is 24.9. The Morgan fingerprint density at radius 1 is 1.19 bits per heavy atom. The first kappa shape index (κ1) is 24.7. The van der Waals surface area contributed by atoms with Crippen LogP contribution in [0.5, 0.6) is 0 Å². The Kier molecular flexibility index (Phi) is 6.80. The van der Waals surface area contributed by atoms with Gasteiger partial charge in [-0.2, -0.15) is 9.41 Å². The van der Waals surface area contributed by atoms with Crippen LogP contribution in [0.15, 0.2) is 61.1 Å². The fraction of sp³-hybridized carbons (Fsp3) is 0.259.